The van der Waals surface area contributed by atoms with Gasteiger partial charge in [-0.2, -0.15) is 0 Å². The first-order chi connectivity index (χ1) is 10.1. The quantitative estimate of drug-likeness (QED) is 0.550. The Morgan fingerprint density at radius 1 is 1.19 bits per heavy atom. The van der Waals surface area contributed by atoms with Gasteiger partial charge in [-0.3, -0.25) is 0 Å². The molecule has 0 spiro atoms. The molecule has 0 atom stereocenters. The van der Waals surface area contributed by atoms with Gasteiger partial charge in [0, 0.05) is 4.90 Å². The maximum absolute atomic E-state index is 13.3. The largest absolute Gasteiger partial charge is 0.444 e. The van der Waals surface area contributed by atoms with Crippen molar-refractivity contribution in [3.63, 3.8) is 0 Å². The van der Waals surface area contributed by atoms with Crippen molar-refractivity contribution in [2.45, 2.75) is 10.6 Å². The van der Waals surface area contributed by atoms with Crippen LogP contribution in [-0.4, -0.2) is 10.2 Å². The smallest absolute Gasteiger partial charge is 0.283 e. The highest BCUT2D eigenvalue weighted by Crippen LogP contribution is 2.27. The lowest BCUT2D eigenvalue weighted by Gasteiger charge is -2.00. The number of nitrogens with two attached hydrogens (primary N) is 1. The molecule has 1 aromatic carbocycles. The van der Waals surface area contributed by atoms with Gasteiger partial charge in [0.15, 0.2) is 10.4 Å². The van der Waals surface area contributed by atoms with Crippen LogP contribution < -0.4 is 5.73 Å². The van der Waals surface area contributed by atoms with Gasteiger partial charge in [0.1, 0.15) is 5.82 Å². The van der Waals surface area contributed by atoms with Gasteiger partial charge in [0.2, 0.25) is 5.89 Å². The number of hydrogen-bond acceptors (Lipinski definition) is 6. The average Bonchev–Trinajstić information content (AvgIpc) is 3.09. The summed E-state index contributed by atoms with van der Waals surface area (Å²) in [4.78, 5) is 0.738. The molecule has 0 bridgehead atoms. The number of hydrogen-bond donors (Lipinski definition) is 1. The number of nitrogens with zero attached hydrogens (tertiary/aromatic N) is 2. The maximum atomic E-state index is 13.3. The van der Waals surface area contributed by atoms with E-state index in [0.29, 0.717) is 28.0 Å². The topological polar surface area (TPSA) is 78.1 Å². The molecule has 0 radical (unpaired) electrons. The first-order valence-electron chi connectivity index (χ1n) is 5.88. The maximum Gasteiger partial charge on any atom is 0.283 e. The van der Waals surface area contributed by atoms with Crippen molar-refractivity contribution in [2.75, 3.05) is 5.73 Å². The van der Waals surface area contributed by atoms with E-state index in [1.807, 2.05) is 0 Å². The zero-order chi connectivity index (χ0) is 14.8. The Kier molecular flexibility index (Phi) is 3.98. The zero-order valence-corrected chi connectivity index (χ0v) is 12.9. The first-order valence-corrected chi connectivity index (χ1v) is 7.65. The Bertz CT molecular complexity index is 774. The van der Waals surface area contributed by atoms with Crippen LogP contribution in [0.15, 0.2) is 48.7 Å². The van der Waals surface area contributed by atoms with Crippen molar-refractivity contribution in [3.8, 4) is 11.7 Å². The summed E-state index contributed by atoms with van der Waals surface area (Å²) in [5, 5.41) is 7.83. The summed E-state index contributed by atoms with van der Waals surface area (Å²) in [6.07, 6.45) is 0. The van der Waals surface area contributed by atoms with Crippen molar-refractivity contribution in [1.29, 1.82) is 0 Å². The minimum atomic E-state index is -0.438. The number of furan rings is 1. The molecular weight excluding hydrogens is 361 g/mol. The molecule has 2 heterocycles. The van der Waals surface area contributed by atoms with Gasteiger partial charge >= 0.3 is 0 Å². The van der Waals surface area contributed by atoms with E-state index in [9.17, 15) is 4.39 Å². The second kappa shape index (κ2) is 5.90. The van der Waals surface area contributed by atoms with E-state index in [0.717, 1.165) is 4.90 Å². The third-order valence-electron chi connectivity index (χ3n) is 2.59. The van der Waals surface area contributed by atoms with Crippen molar-refractivity contribution in [3.05, 3.63) is 46.7 Å². The second-order valence-corrected chi connectivity index (χ2v) is 5.91. The van der Waals surface area contributed by atoms with Gasteiger partial charge in [-0.25, -0.2) is 4.39 Å². The van der Waals surface area contributed by atoms with Gasteiger partial charge < -0.3 is 14.6 Å². The van der Waals surface area contributed by atoms with Crippen LogP contribution in [0.4, 0.5) is 10.1 Å². The van der Waals surface area contributed by atoms with Crippen molar-refractivity contribution in [2.24, 2.45) is 0 Å². The molecule has 2 aromatic heterocycles. The number of thioether (sulfide) groups is 1. The molecule has 0 aliphatic rings. The lowest BCUT2D eigenvalue weighted by Crippen LogP contribution is -1.90. The van der Waals surface area contributed by atoms with E-state index in [-0.39, 0.29) is 5.69 Å². The Morgan fingerprint density at radius 2 is 2.05 bits per heavy atom. The van der Waals surface area contributed by atoms with Gasteiger partial charge in [-0.05, 0) is 46.3 Å². The molecule has 21 heavy (non-hydrogen) atoms. The third-order valence-corrected chi connectivity index (χ3v) is 3.99. The molecule has 5 nitrogen and oxygen atoms in total. The van der Waals surface area contributed by atoms with Crippen LogP contribution in [0.3, 0.4) is 0 Å². The van der Waals surface area contributed by atoms with Crippen LogP contribution in [0, 0.1) is 5.82 Å². The third kappa shape index (κ3) is 3.27. The molecule has 2 N–H and O–H groups in total. The fourth-order valence-corrected chi connectivity index (χ4v) is 2.65. The predicted octanol–water partition coefficient (Wildman–Crippen LogP) is 4.11. The fourth-order valence-electron chi connectivity index (χ4n) is 1.58. The summed E-state index contributed by atoms with van der Waals surface area (Å²) < 4.78 is 24.7. The van der Waals surface area contributed by atoms with Gasteiger partial charge in [0.05, 0.1) is 11.4 Å². The van der Waals surface area contributed by atoms with Gasteiger partial charge in [-0.1, -0.05) is 0 Å². The molecule has 8 heteroatoms. The van der Waals surface area contributed by atoms with Crippen LogP contribution in [0.5, 0.6) is 0 Å². The lowest BCUT2D eigenvalue weighted by atomic mass is 10.3. The van der Waals surface area contributed by atoms with Crippen molar-refractivity contribution < 1.29 is 13.2 Å². The number of benzene rings is 1. The van der Waals surface area contributed by atoms with Crippen LogP contribution in [0.2, 0.25) is 0 Å². The molecule has 0 amide bonds. The Morgan fingerprint density at radius 3 is 2.76 bits per heavy atom. The molecule has 0 fully saturated rings. The highest BCUT2D eigenvalue weighted by molar-refractivity contribution is 9.10. The highest BCUT2D eigenvalue weighted by Gasteiger charge is 2.12. The van der Waals surface area contributed by atoms with Crippen LogP contribution in [0.1, 0.15) is 5.89 Å². The summed E-state index contributed by atoms with van der Waals surface area (Å²) in [7, 11) is 0. The van der Waals surface area contributed by atoms with Crippen molar-refractivity contribution in [1.82, 2.24) is 10.2 Å². The standard InChI is InChI=1S/C13H9BrFN3O2S/c14-11-4-3-10(19-11)13-18-17-12(20-13)6-21-7-1-2-9(16)8(15)5-7/h1-5H,6,16H2. The molecule has 0 saturated heterocycles. The lowest BCUT2D eigenvalue weighted by molar-refractivity contribution is 0.486. The summed E-state index contributed by atoms with van der Waals surface area (Å²) in [6.45, 7) is 0. The molecule has 108 valence electrons. The van der Waals surface area contributed by atoms with Crippen LogP contribution >= 0.6 is 27.7 Å². The minimum absolute atomic E-state index is 0.128. The SMILES string of the molecule is Nc1ccc(SCc2nnc(-c3ccc(Br)o3)o2)cc1F. The van der Waals surface area contributed by atoms with E-state index < -0.39 is 5.82 Å². The highest BCUT2D eigenvalue weighted by atomic mass is 79.9. The number of aromatic nitrogens is 2. The first kappa shape index (κ1) is 14.2. The molecule has 3 aromatic rings. The number of nitrogen functional groups attached to an aromatic ring is 1. The van der Waals surface area contributed by atoms with E-state index in [2.05, 4.69) is 26.1 Å². The molecular formula is C13H9BrFN3O2S. The van der Waals surface area contributed by atoms with E-state index in [4.69, 9.17) is 14.6 Å². The number of halogens is 2. The van der Waals surface area contributed by atoms with Gasteiger partial charge in [0.25, 0.3) is 5.89 Å². The summed E-state index contributed by atoms with van der Waals surface area (Å²) in [5.74, 6) is 1.22. The number of rotatable bonds is 4. The minimum Gasteiger partial charge on any atom is -0.444 e. The van der Waals surface area contributed by atoms with Gasteiger partial charge in [-0.15, -0.1) is 22.0 Å². The summed E-state index contributed by atoms with van der Waals surface area (Å²) >= 11 is 4.58. The predicted molar refractivity (Wildman–Crippen MR) is 80.1 cm³/mol. The van der Waals surface area contributed by atoms with E-state index >= 15 is 0 Å². The monoisotopic (exact) mass is 369 g/mol. The summed E-state index contributed by atoms with van der Waals surface area (Å²) in [6, 6.07) is 8.11. The zero-order valence-electron chi connectivity index (χ0n) is 10.5. The van der Waals surface area contributed by atoms with Crippen LogP contribution in [-0.2, 0) is 5.75 Å². The summed E-state index contributed by atoms with van der Waals surface area (Å²) in [5.41, 5.74) is 5.55. The number of anilines is 1. The Labute approximate surface area is 131 Å². The normalized spacial score (nSPS) is 11.0. The van der Waals surface area contributed by atoms with E-state index in [1.54, 1.807) is 18.2 Å². The molecule has 3 rings (SSSR count). The van der Waals surface area contributed by atoms with E-state index in [1.165, 1.54) is 23.9 Å². The second-order valence-electron chi connectivity index (χ2n) is 4.08. The molecule has 0 unspecified atom stereocenters. The molecule has 0 aliphatic carbocycles. The van der Waals surface area contributed by atoms with Crippen LogP contribution in [0.25, 0.3) is 11.7 Å². The fraction of sp³-hybridized carbons (Fsp3) is 0.0769. The average molecular weight is 370 g/mol. The molecule has 0 saturated carbocycles. The Balaban J connectivity index is 1.68. The molecule has 0 aliphatic heterocycles. The van der Waals surface area contributed by atoms with Crippen molar-refractivity contribution >= 4 is 33.4 Å². The Hall–Kier alpha value is -1.80.